The summed E-state index contributed by atoms with van der Waals surface area (Å²) in [6.07, 6.45) is 1.82. The van der Waals surface area contributed by atoms with Crippen LogP contribution in [0.4, 0.5) is 8.78 Å². The van der Waals surface area contributed by atoms with Crippen LogP contribution in [0.3, 0.4) is 0 Å². The average Bonchev–Trinajstić information content (AvgIpc) is 2.61. The summed E-state index contributed by atoms with van der Waals surface area (Å²) in [7, 11) is 0. The Bertz CT molecular complexity index is 772. The van der Waals surface area contributed by atoms with Crippen molar-refractivity contribution in [2.24, 2.45) is 5.92 Å². The molecule has 1 amide bonds. The second-order valence-electron chi connectivity index (χ2n) is 5.87. The molecular weight excluding hydrogens is 308 g/mol. The maximum atomic E-state index is 13.0. The molecule has 1 heterocycles. The molecule has 4 heteroatoms. The number of carbonyl (C=O) groups is 1. The van der Waals surface area contributed by atoms with Crippen LogP contribution < -0.4 is 0 Å². The number of carbonyl (C=O) groups excluding carboxylic acids is 1. The third kappa shape index (κ3) is 3.99. The van der Waals surface area contributed by atoms with Gasteiger partial charge in [-0.1, -0.05) is 11.8 Å². The van der Waals surface area contributed by atoms with Gasteiger partial charge in [0.15, 0.2) is 0 Å². The van der Waals surface area contributed by atoms with Crippen molar-refractivity contribution in [3.63, 3.8) is 0 Å². The smallest absolute Gasteiger partial charge is 0.253 e. The number of piperidine rings is 1. The molecule has 0 spiro atoms. The van der Waals surface area contributed by atoms with Crippen LogP contribution in [-0.2, 0) is 0 Å². The van der Waals surface area contributed by atoms with Gasteiger partial charge < -0.3 is 4.90 Å². The first kappa shape index (κ1) is 16.2. The van der Waals surface area contributed by atoms with Gasteiger partial charge in [-0.3, -0.25) is 4.79 Å². The van der Waals surface area contributed by atoms with Gasteiger partial charge in [0.05, 0.1) is 0 Å². The Morgan fingerprint density at radius 1 is 1.00 bits per heavy atom. The highest BCUT2D eigenvalue weighted by Crippen LogP contribution is 2.18. The molecule has 0 radical (unpaired) electrons. The lowest BCUT2D eigenvalue weighted by Crippen LogP contribution is -2.39. The van der Waals surface area contributed by atoms with E-state index in [1.165, 1.54) is 36.4 Å². The van der Waals surface area contributed by atoms with Crippen molar-refractivity contribution < 1.29 is 13.6 Å². The van der Waals surface area contributed by atoms with Gasteiger partial charge in [-0.15, -0.1) is 0 Å². The van der Waals surface area contributed by atoms with Gasteiger partial charge in [-0.05, 0) is 61.4 Å². The Hall–Kier alpha value is -2.67. The van der Waals surface area contributed by atoms with Crippen LogP contribution >= 0.6 is 0 Å². The van der Waals surface area contributed by atoms with Crippen LogP contribution in [0.2, 0.25) is 0 Å². The number of likely N-dealkylation sites (tertiary alicyclic amines) is 1. The summed E-state index contributed by atoms with van der Waals surface area (Å²) in [5.41, 5.74) is 1.25. The highest BCUT2D eigenvalue weighted by atomic mass is 19.1. The summed E-state index contributed by atoms with van der Waals surface area (Å²) in [6, 6.07) is 11.7. The van der Waals surface area contributed by atoms with E-state index in [1.807, 2.05) is 0 Å². The number of hydrogen-bond acceptors (Lipinski definition) is 1. The van der Waals surface area contributed by atoms with Crippen LogP contribution in [0.25, 0.3) is 0 Å². The Labute approximate surface area is 140 Å². The molecule has 1 aliphatic heterocycles. The van der Waals surface area contributed by atoms with Crippen molar-refractivity contribution in [2.45, 2.75) is 12.8 Å². The van der Waals surface area contributed by atoms with Gasteiger partial charge in [0.2, 0.25) is 0 Å². The van der Waals surface area contributed by atoms with Crippen LogP contribution in [0.5, 0.6) is 0 Å². The van der Waals surface area contributed by atoms with Gasteiger partial charge >= 0.3 is 0 Å². The van der Waals surface area contributed by atoms with Gasteiger partial charge in [0.25, 0.3) is 5.91 Å². The number of halogens is 2. The van der Waals surface area contributed by atoms with Gasteiger partial charge in [-0.2, -0.15) is 0 Å². The van der Waals surface area contributed by atoms with Gasteiger partial charge in [0.1, 0.15) is 11.6 Å². The molecule has 2 aromatic carbocycles. The molecule has 1 saturated heterocycles. The lowest BCUT2D eigenvalue weighted by atomic mass is 9.97. The zero-order valence-corrected chi connectivity index (χ0v) is 13.1. The van der Waals surface area contributed by atoms with E-state index >= 15 is 0 Å². The molecule has 2 aromatic rings. The minimum atomic E-state index is -0.353. The van der Waals surface area contributed by atoms with Crippen molar-refractivity contribution in [2.75, 3.05) is 13.1 Å². The summed E-state index contributed by atoms with van der Waals surface area (Å²) in [6.45, 7) is 1.25. The highest BCUT2D eigenvalue weighted by molar-refractivity contribution is 5.94. The molecule has 2 nitrogen and oxygen atoms in total. The molecule has 0 aromatic heterocycles. The van der Waals surface area contributed by atoms with E-state index in [2.05, 4.69) is 11.8 Å². The molecule has 0 saturated carbocycles. The fourth-order valence-electron chi connectivity index (χ4n) is 2.77. The van der Waals surface area contributed by atoms with Crippen LogP contribution in [-0.4, -0.2) is 23.9 Å². The fraction of sp³-hybridized carbons (Fsp3) is 0.250. The van der Waals surface area contributed by atoms with E-state index in [0.717, 1.165) is 18.4 Å². The van der Waals surface area contributed by atoms with Gasteiger partial charge in [0, 0.05) is 30.1 Å². The van der Waals surface area contributed by atoms with E-state index in [4.69, 9.17) is 0 Å². The maximum absolute atomic E-state index is 13.0. The lowest BCUT2D eigenvalue weighted by molar-refractivity contribution is 0.0699. The fourth-order valence-corrected chi connectivity index (χ4v) is 2.77. The minimum absolute atomic E-state index is 0.0909. The van der Waals surface area contributed by atoms with Crippen LogP contribution in [0, 0.1) is 29.4 Å². The third-order valence-electron chi connectivity index (χ3n) is 4.06. The quantitative estimate of drug-likeness (QED) is 0.729. The molecule has 122 valence electrons. The Morgan fingerprint density at radius 2 is 1.62 bits per heavy atom. The number of hydrogen-bond donors (Lipinski definition) is 0. The number of nitrogens with zero attached hydrogens (tertiary/aromatic N) is 1. The monoisotopic (exact) mass is 325 g/mol. The Balaban J connectivity index is 1.67. The topological polar surface area (TPSA) is 20.3 Å². The zero-order valence-electron chi connectivity index (χ0n) is 13.1. The molecular formula is C20H17F2NO. The third-order valence-corrected chi connectivity index (χ3v) is 4.06. The van der Waals surface area contributed by atoms with Crippen molar-refractivity contribution in [1.82, 2.24) is 4.90 Å². The lowest BCUT2D eigenvalue weighted by Gasteiger charge is -2.30. The van der Waals surface area contributed by atoms with Crippen molar-refractivity contribution >= 4 is 5.91 Å². The summed E-state index contributed by atoms with van der Waals surface area (Å²) in [5.74, 6) is 5.58. The normalized spacial score (nSPS) is 17.1. The Kier molecular flexibility index (Phi) is 4.90. The first-order chi connectivity index (χ1) is 11.6. The number of amides is 1. The predicted octanol–water partition coefficient (Wildman–Crippen LogP) is 3.87. The maximum Gasteiger partial charge on any atom is 0.253 e. The first-order valence-electron chi connectivity index (χ1n) is 7.94. The summed E-state index contributed by atoms with van der Waals surface area (Å²) in [4.78, 5) is 14.2. The van der Waals surface area contributed by atoms with Crippen LogP contribution in [0.15, 0.2) is 48.5 Å². The van der Waals surface area contributed by atoms with E-state index in [9.17, 15) is 13.6 Å². The molecule has 3 rings (SSSR count). The van der Waals surface area contributed by atoms with Gasteiger partial charge in [-0.25, -0.2) is 8.78 Å². The van der Waals surface area contributed by atoms with Crippen molar-refractivity contribution in [3.8, 4) is 11.8 Å². The minimum Gasteiger partial charge on any atom is -0.337 e. The van der Waals surface area contributed by atoms with Crippen molar-refractivity contribution in [1.29, 1.82) is 0 Å². The molecule has 0 N–H and O–H groups in total. The predicted molar refractivity (Wildman–Crippen MR) is 88.3 cm³/mol. The summed E-state index contributed by atoms with van der Waals surface area (Å²) < 4.78 is 25.9. The second kappa shape index (κ2) is 7.27. The largest absolute Gasteiger partial charge is 0.337 e. The van der Waals surface area contributed by atoms with E-state index in [1.54, 1.807) is 17.0 Å². The van der Waals surface area contributed by atoms with Crippen LogP contribution in [0.1, 0.15) is 28.8 Å². The van der Waals surface area contributed by atoms with E-state index in [0.29, 0.717) is 18.7 Å². The zero-order chi connectivity index (χ0) is 16.9. The first-order valence-corrected chi connectivity index (χ1v) is 7.94. The molecule has 1 aliphatic rings. The van der Waals surface area contributed by atoms with Crippen molar-refractivity contribution in [3.05, 3.63) is 71.3 Å². The molecule has 24 heavy (non-hydrogen) atoms. The number of rotatable bonds is 1. The SMILES string of the molecule is O=C(c1ccc(F)cc1)N1CCCC(C#Cc2ccc(F)cc2)C1. The Morgan fingerprint density at radius 3 is 2.29 bits per heavy atom. The molecule has 0 aliphatic carbocycles. The number of benzene rings is 2. The molecule has 1 unspecified atom stereocenters. The van der Waals surface area contributed by atoms with E-state index < -0.39 is 0 Å². The summed E-state index contributed by atoms with van der Waals surface area (Å²) in [5, 5.41) is 0. The standard InChI is InChI=1S/C20H17F2NO/c21-18-9-5-15(6-10-18)3-4-16-2-1-13-23(14-16)20(24)17-7-11-19(22)12-8-17/h5-12,16H,1-2,13-14H2. The second-order valence-corrected chi connectivity index (χ2v) is 5.87. The molecule has 0 bridgehead atoms. The molecule has 1 fully saturated rings. The van der Waals surface area contributed by atoms with E-state index in [-0.39, 0.29) is 23.5 Å². The molecule has 1 atom stereocenters. The average molecular weight is 325 g/mol. The summed E-state index contributed by atoms with van der Waals surface area (Å²) >= 11 is 0. The highest BCUT2D eigenvalue weighted by Gasteiger charge is 2.23.